The predicted molar refractivity (Wildman–Crippen MR) is 62.4 cm³/mol. The van der Waals surface area contributed by atoms with Crippen molar-refractivity contribution in [1.82, 2.24) is 4.90 Å². The second-order valence-electron chi connectivity index (χ2n) is 4.62. The standard InChI is InChI=1S/C12H26N2/c1-14(11-7-3-6-10-13)12-8-4-2-5-9-12/h12H,2-11,13H2,1H3. The molecule has 84 valence electrons. The van der Waals surface area contributed by atoms with Crippen LogP contribution in [0.1, 0.15) is 51.4 Å². The van der Waals surface area contributed by atoms with E-state index in [1.54, 1.807) is 0 Å². The van der Waals surface area contributed by atoms with Crippen molar-refractivity contribution in [3.05, 3.63) is 0 Å². The lowest BCUT2D eigenvalue weighted by molar-refractivity contribution is 0.188. The maximum atomic E-state index is 5.47. The summed E-state index contributed by atoms with van der Waals surface area (Å²) in [5, 5.41) is 0. The molecular weight excluding hydrogens is 172 g/mol. The molecule has 0 unspecified atom stereocenters. The van der Waals surface area contributed by atoms with E-state index in [-0.39, 0.29) is 0 Å². The molecule has 1 aliphatic rings. The Labute approximate surface area is 88.8 Å². The highest BCUT2D eigenvalue weighted by molar-refractivity contribution is 4.73. The van der Waals surface area contributed by atoms with Crippen LogP contribution in [0.15, 0.2) is 0 Å². The maximum Gasteiger partial charge on any atom is 0.00922 e. The minimum absolute atomic E-state index is 0.854. The van der Waals surface area contributed by atoms with E-state index in [1.807, 2.05) is 0 Å². The van der Waals surface area contributed by atoms with Crippen LogP contribution in [0.25, 0.3) is 0 Å². The van der Waals surface area contributed by atoms with Crippen LogP contribution in [0.4, 0.5) is 0 Å². The molecule has 0 aromatic heterocycles. The normalized spacial score (nSPS) is 19.1. The Morgan fingerprint density at radius 2 is 1.79 bits per heavy atom. The molecule has 0 bridgehead atoms. The fourth-order valence-electron chi connectivity index (χ4n) is 2.39. The highest BCUT2D eigenvalue weighted by Crippen LogP contribution is 2.21. The Hall–Kier alpha value is -0.0800. The van der Waals surface area contributed by atoms with Crippen molar-refractivity contribution < 1.29 is 0 Å². The van der Waals surface area contributed by atoms with Gasteiger partial charge in [-0.05, 0) is 45.8 Å². The van der Waals surface area contributed by atoms with Crippen molar-refractivity contribution in [2.45, 2.75) is 57.4 Å². The molecule has 1 fully saturated rings. The van der Waals surface area contributed by atoms with Gasteiger partial charge in [0.25, 0.3) is 0 Å². The van der Waals surface area contributed by atoms with Gasteiger partial charge in [0, 0.05) is 6.04 Å². The summed E-state index contributed by atoms with van der Waals surface area (Å²) >= 11 is 0. The van der Waals surface area contributed by atoms with Crippen LogP contribution in [-0.2, 0) is 0 Å². The average Bonchev–Trinajstić information content (AvgIpc) is 2.25. The van der Waals surface area contributed by atoms with E-state index in [9.17, 15) is 0 Å². The van der Waals surface area contributed by atoms with Crippen LogP contribution in [0.3, 0.4) is 0 Å². The van der Waals surface area contributed by atoms with Gasteiger partial charge in [0.2, 0.25) is 0 Å². The molecule has 1 aliphatic carbocycles. The van der Waals surface area contributed by atoms with E-state index in [2.05, 4.69) is 11.9 Å². The van der Waals surface area contributed by atoms with Crippen LogP contribution < -0.4 is 5.73 Å². The SMILES string of the molecule is CN(CCCCCN)C1CCCCC1. The van der Waals surface area contributed by atoms with Gasteiger partial charge in [-0.3, -0.25) is 0 Å². The fourth-order valence-corrected chi connectivity index (χ4v) is 2.39. The van der Waals surface area contributed by atoms with E-state index >= 15 is 0 Å². The van der Waals surface area contributed by atoms with Crippen molar-refractivity contribution >= 4 is 0 Å². The zero-order valence-electron chi connectivity index (χ0n) is 9.67. The first kappa shape index (κ1) is 12.0. The zero-order valence-corrected chi connectivity index (χ0v) is 9.67. The largest absolute Gasteiger partial charge is 0.330 e. The van der Waals surface area contributed by atoms with E-state index in [0.717, 1.165) is 12.6 Å². The summed E-state index contributed by atoms with van der Waals surface area (Å²) < 4.78 is 0. The van der Waals surface area contributed by atoms with Crippen molar-refractivity contribution in [1.29, 1.82) is 0 Å². The zero-order chi connectivity index (χ0) is 10.2. The van der Waals surface area contributed by atoms with Gasteiger partial charge in [0.15, 0.2) is 0 Å². The summed E-state index contributed by atoms with van der Waals surface area (Å²) in [6.45, 7) is 2.12. The predicted octanol–water partition coefficient (Wildman–Crippen LogP) is 2.38. The van der Waals surface area contributed by atoms with Gasteiger partial charge in [-0.25, -0.2) is 0 Å². The smallest absolute Gasteiger partial charge is 0.00922 e. The second kappa shape index (κ2) is 7.24. The molecule has 2 N–H and O–H groups in total. The summed E-state index contributed by atoms with van der Waals surface area (Å²) in [7, 11) is 2.29. The van der Waals surface area contributed by atoms with Gasteiger partial charge in [-0.1, -0.05) is 25.7 Å². The Morgan fingerprint density at radius 1 is 1.07 bits per heavy atom. The van der Waals surface area contributed by atoms with Gasteiger partial charge in [0.1, 0.15) is 0 Å². The lowest BCUT2D eigenvalue weighted by atomic mass is 9.94. The van der Waals surface area contributed by atoms with Gasteiger partial charge < -0.3 is 10.6 Å². The molecule has 0 heterocycles. The third-order valence-electron chi connectivity index (χ3n) is 3.41. The summed E-state index contributed by atoms with van der Waals surface area (Å²) in [6, 6.07) is 0.877. The van der Waals surface area contributed by atoms with Crippen LogP contribution >= 0.6 is 0 Å². The lowest BCUT2D eigenvalue weighted by Gasteiger charge is -2.31. The van der Waals surface area contributed by atoms with Crippen molar-refractivity contribution in [2.75, 3.05) is 20.1 Å². The topological polar surface area (TPSA) is 29.3 Å². The van der Waals surface area contributed by atoms with E-state index in [0.29, 0.717) is 0 Å². The molecule has 0 atom stereocenters. The summed E-state index contributed by atoms with van der Waals surface area (Å²) in [4.78, 5) is 2.57. The molecule has 2 heteroatoms. The van der Waals surface area contributed by atoms with E-state index < -0.39 is 0 Å². The summed E-state index contributed by atoms with van der Waals surface area (Å²) in [5.74, 6) is 0. The van der Waals surface area contributed by atoms with Crippen LogP contribution in [-0.4, -0.2) is 31.1 Å². The van der Waals surface area contributed by atoms with Gasteiger partial charge >= 0.3 is 0 Å². The first-order valence-corrected chi connectivity index (χ1v) is 6.25. The van der Waals surface area contributed by atoms with Crippen LogP contribution in [0.2, 0.25) is 0 Å². The van der Waals surface area contributed by atoms with Crippen molar-refractivity contribution in [3.8, 4) is 0 Å². The third-order valence-corrected chi connectivity index (χ3v) is 3.41. The monoisotopic (exact) mass is 198 g/mol. The molecule has 0 saturated heterocycles. The quantitative estimate of drug-likeness (QED) is 0.664. The average molecular weight is 198 g/mol. The molecule has 0 spiro atoms. The number of hydrogen-bond acceptors (Lipinski definition) is 2. The number of hydrogen-bond donors (Lipinski definition) is 1. The fraction of sp³-hybridized carbons (Fsp3) is 1.00. The first-order valence-electron chi connectivity index (χ1n) is 6.25. The molecule has 0 aromatic rings. The summed E-state index contributed by atoms with van der Waals surface area (Å²) in [5.41, 5.74) is 5.47. The van der Waals surface area contributed by atoms with E-state index in [1.165, 1.54) is 57.9 Å². The number of unbranched alkanes of at least 4 members (excludes halogenated alkanes) is 2. The number of nitrogens with zero attached hydrogens (tertiary/aromatic N) is 1. The first-order chi connectivity index (χ1) is 6.84. The molecule has 0 aromatic carbocycles. The molecule has 2 nitrogen and oxygen atoms in total. The second-order valence-corrected chi connectivity index (χ2v) is 4.62. The molecule has 1 rings (SSSR count). The Kier molecular flexibility index (Phi) is 6.20. The third kappa shape index (κ3) is 4.43. The maximum absolute atomic E-state index is 5.47. The van der Waals surface area contributed by atoms with Gasteiger partial charge in [-0.15, -0.1) is 0 Å². The van der Waals surface area contributed by atoms with Crippen molar-refractivity contribution in [3.63, 3.8) is 0 Å². The highest BCUT2D eigenvalue weighted by atomic mass is 15.1. The van der Waals surface area contributed by atoms with Gasteiger partial charge in [0.05, 0.1) is 0 Å². The minimum atomic E-state index is 0.854. The van der Waals surface area contributed by atoms with Crippen LogP contribution in [0.5, 0.6) is 0 Å². The summed E-state index contributed by atoms with van der Waals surface area (Å²) in [6.07, 6.45) is 11.0. The molecule has 0 amide bonds. The molecule has 0 radical (unpaired) electrons. The number of rotatable bonds is 6. The molecular formula is C12H26N2. The van der Waals surface area contributed by atoms with Crippen molar-refractivity contribution in [2.24, 2.45) is 5.73 Å². The Balaban J connectivity index is 2.04. The Bertz CT molecular complexity index is 130. The minimum Gasteiger partial charge on any atom is -0.330 e. The molecule has 14 heavy (non-hydrogen) atoms. The lowest BCUT2D eigenvalue weighted by Crippen LogP contribution is -2.34. The van der Waals surface area contributed by atoms with E-state index in [4.69, 9.17) is 5.73 Å². The molecule has 0 aliphatic heterocycles. The number of nitrogens with two attached hydrogens (primary N) is 1. The van der Waals surface area contributed by atoms with Crippen LogP contribution in [0, 0.1) is 0 Å². The Morgan fingerprint density at radius 3 is 2.43 bits per heavy atom. The highest BCUT2D eigenvalue weighted by Gasteiger charge is 2.16. The van der Waals surface area contributed by atoms with Gasteiger partial charge in [-0.2, -0.15) is 0 Å². The molecule has 1 saturated carbocycles.